The summed E-state index contributed by atoms with van der Waals surface area (Å²) in [6.07, 6.45) is -4.93. The topological polar surface area (TPSA) is 84.7 Å². The second kappa shape index (κ2) is 5.46. The third-order valence-corrected chi connectivity index (χ3v) is 2.90. The molecule has 1 aromatic rings. The summed E-state index contributed by atoms with van der Waals surface area (Å²) in [5.74, 6) is 0. The lowest BCUT2D eigenvalue weighted by Crippen LogP contribution is -2.43. The lowest BCUT2D eigenvalue weighted by atomic mass is 10.1. The van der Waals surface area contributed by atoms with E-state index in [2.05, 4.69) is 4.84 Å². The Morgan fingerprint density at radius 2 is 2.05 bits per heavy atom. The van der Waals surface area contributed by atoms with E-state index < -0.39 is 34.1 Å². The molecule has 1 N–H and O–H groups in total. The molecule has 114 valence electrons. The number of para-hydroxylation sites is 1. The van der Waals surface area contributed by atoms with Gasteiger partial charge in [0.15, 0.2) is 5.69 Å². The second-order valence-electron chi connectivity index (χ2n) is 4.27. The molecule has 0 bridgehead atoms. The van der Waals surface area contributed by atoms with Crippen LogP contribution in [0.4, 0.5) is 29.3 Å². The molecule has 1 saturated heterocycles. The molecule has 1 fully saturated rings. The van der Waals surface area contributed by atoms with Crippen molar-refractivity contribution in [1.29, 1.82) is 0 Å². The summed E-state index contributed by atoms with van der Waals surface area (Å²) in [4.78, 5) is 27.0. The number of nitro benzene ring substituents is 1. The van der Waals surface area contributed by atoms with Gasteiger partial charge in [-0.05, 0) is 12.5 Å². The number of nitrogens with zero attached hydrogens (tertiary/aromatic N) is 2. The van der Waals surface area contributed by atoms with E-state index >= 15 is 0 Å². The molecule has 1 amide bonds. The number of hydrogen-bond donors (Lipinski definition) is 1. The Morgan fingerprint density at radius 1 is 1.38 bits per heavy atom. The van der Waals surface area contributed by atoms with Crippen LogP contribution < -0.4 is 5.48 Å². The summed E-state index contributed by atoms with van der Waals surface area (Å²) in [5, 5.41) is 10.8. The first kappa shape index (κ1) is 14.9. The molecule has 0 radical (unpaired) electrons. The number of carbonyl (C=O) groups is 1. The van der Waals surface area contributed by atoms with Crippen molar-refractivity contribution < 1.29 is 27.7 Å². The van der Waals surface area contributed by atoms with Crippen molar-refractivity contribution in [3.05, 3.63) is 33.9 Å². The average Bonchev–Trinajstić information content (AvgIpc) is 2.32. The van der Waals surface area contributed by atoms with Crippen LogP contribution in [0.3, 0.4) is 0 Å². The van der Waals surface area contributed by atoms with Gasteiger partial charge in [-0.1, -0.05) is 6.07 Å². The van der Waals surface area contributed by atoms with Gasteiger partial charge in [-0.2, -0.15) is 13.2 Å². The Morgan fingerprint density at radius 3 is 2.52 bits per heavy atom. The number of anilines is 1. The van der Waals surface area contributed by atoms with Gasteiger partial charge in [-0.25, -0.2) is 10.3 Å². The molecule has 0 unspecified atom stereocenters. The van der Waals surface area contributed by atoms with Crippen LogP contribution in [0.5, 0.6) is 0 Å². The molecule has 0 spiro atoms. The van der Waals surface area contributed by atoms with Crippen molar-refractivity contribution in [2.45, 2.75) is 12.6 Å². The molecule has 7 nitrogen and oxygen atoms in total. The van der Waals surface area contributed by atoms with Gasteiger partial charge in [-0.3, -0.25) is 10.1 Å². The number of amides is 1. The maximum Gasteiger partial charge on any atom is 0.434 e. The summed E-state index contributed by atoms with van der Waals surface area (Å²) in [5.41, 5.74) is -1.25. The van der Waals surface area contributed by atoms with Crippen molar-refractivity contribution in [1.82, 2.24) is 4.90 Å². The van der Waals surface area contributed by atoms with Crippen LogP contribution in [0.2, 0.25) is 0 Å². The first-order valence-electron chi connectivity index (χ1n) is 5.87. The van der Waals surface area contributed by atoms with Crippen molar-refractivity contribution in [3.63, 3.8) is 0 Å². The van der Waals surface area contributed by atoms with Crippen molar-refractivity contribution in [2.75, 3.05) is 18.6 Å². The first-order valence-corrected chi connectivity index (χ1v) is 5.87. The van der Waals surface area contributed by atoms with Crippen LogP contribution >= 0.6 is 0 Å². The van der Waals surface area contributed by atoms with Crippen molar-refractivity contribution >= 4 is 17.5 Å². The molecule has 0 aliphatic carbocycles. The number of nitro groups is 1. The summed E-state index contributed by atoms with van der Waals surface area (Å²) >= 11 is 0. The minimum absolute atomic E-state index is 0.434. The Hall–Kier alpha value is -2.52. The smallest absolute Gasteiger partial charge is 0.324 e. The summed E-state index contributed by atoms with van der Waals surface area (Å²) in [6.45, 7) is 0.868. The number of benzene rings is 1. The number of halogens is 3. The minimum Gasteiger partial charge on any atom is -0.324 e. The predicted octanol–water partition coefficient (Wildman–Crippen LogP) is 2.78. The van der Waals surface area contributed by atoms with Crippen LogP contribution in [0.1, 0.15) is 12.0 Å². The molecule has 10 heteroatoms. The van der Waals surface area contributed by atoms with Gasteiger partial charge in [0.1, 0.15) is 0 Å². The van der Waals surface area contributed by atoms with E-state index in [0.717, 1.165) is 18.6 Å². The third kappa shape index (κ3) is 3.15. The standard InChI is InChI=1S/C11H10F3N3O4/c12-11(13,14)7-3-1-4-8(17(19)20)9(7)15-21-10(18)16-5-2-6-16/h1,3-4,15H,2,5-6H2. The molecular formula is C11H10F3N3O4. The van der Waals surface area contributed by atoms with Gasteiger partial charge < -0.3 is 9.74 Å². The van der Waals surface area contributed by atoms with Gasteiger partial charge in [0, 0.05) is 19.2 Å². The molecule has 21 heavy (non-hydrogen) atoms. The molecule has 1 aromatic carbocycles. The number of alkyl halides is 3. The van der Waals surface area contributed by atoms with Gasteiger partial charge >= 0.3 is 12.3 Å². The highest BCUT2D eigenvalue weighted by Crippen LogP contribution is 2.39. The van der Waals surface area contributed by atoms with E-state index in [1.807, 2.05) is 0 Å². The lowest BCUT2D eigenvalue weighted by molar-refractivity contribution is -0.384. The Bertz CT molecular complexity index is 572. The molecule has 0 saturated carbocycles. The lowest BCUT2D eigenvalue weighted by Gasteiger charge is -2.29. The SMILES string of the molecule is O=C(ONc1c([N+](=O)[O-])cccc1C(F)(F)F)N1CCC1. The predicted molar refractivity (Wildman–Crippen MR) is 64.4 cm³/mol. The van der Waals surface area contributed by atoms with Crippen molar-refractivity contribution in [2.24, 2.45) is 0 Å². The largest absolute Gasteiger partial charge is 0.434 e. The number of likely N-dealkylation sites (tertiary alicyclic amines) is 1. The van der Waals surface area contributed by atoms with Gasteiger partial charge in [-0.15, -0.1) is 0 Å². The summed E-state index contributed by atoms with van der Waals surface area (Å²) in [6, 6.07) is 2.45. The van der Waals surface area contributed by atoms with Crippen molar-refractivity contribution in [3.8, 4) is 0 Å². The Labute approximate surface area is 116 Å². The maximum atomic E-state index is 12.8. The number of hydrogen-bond acceptors (Lipinski definition) is 5. The number of rotatable bonds is 3. The number of nitrogens with one attached hydrogen (secondary N) is 1. The minimum atomic E-state index is -4.82. The van der Waals surface area contributed by atoms with Crippen LogP contribution in [0.25, 0.3) is 0 Å². The highest BCUT2D eigenvalue weighted by molar-refractivity contribution is 5.72. The van der Waals surface area contributed by atoms with Gasteiger partial charge in [0.25, 0.3) is 5.69 Å². The quantitative estimate of drug-likeness (QED) is 0.685. The fraction of sp³-hybridized carbons (Fsp3) is 0.364. The van der Waals surface area contributed by atoms with Crippen LogP contribution in [-0.2, 0) is 11.0 Å². The van der Waals surface area contributed by atoms with Crippen LogP contribution in [-0.4, -0.2) is 29.0 Å². The molecular weight excluding hydrogens is 295 g/mol. The molecule has 1 heterocycles. The zero-order chi connectivity index (χ0) is 15.6. The van der Waals surface area contributed by atoms with Crippen LogP contribution in [0, 0.1) is 10.1 Å². The molecule has 0 aromatic heterocycles. The average molecular weight is 305 g/mol. The van der Waals surface area contributed by atoms with Gasteiger partial charge in [0.2, 0.25) is 0 Å². The monoisotopic (exact) mass is 305 g/mol. The number of carbonyl (C=O) groups excluding carboxylic acids is 1. The Balaban J connectivity index is 2.26. The van der Waals surface area contributed by atoms with E-state index in [0.29, 0.717) is 19.2 Å². The first-order chi connectivity index (χ1) is 9.80. The van der Waals surface area contributed by atoms with E-state index in [1.165, 1.54) is 4.90 Å². The van der Waals surface area contributed by atoms with Gasteiger partial charge in [0.05, 0.1) is 10.5 Å². The fourth-order valence-corrected chi connectivity index (χ4v) is 1.69. The molecule has 0 atom stereocenters. The van der Waals surface area contributed by atoms with Crippen LogP contribution in [0.15, 0.2) is 18.2 Å². The Kier molecular flexibility index (Phi) is 3.87. The second-order valence-corrected chi connectivity index (χ2v) is 4.27. The summed E-state index contributed by atoms with van der Waals surface area (Å²) in [7, 11) is 0. The normalized spacial score (nSPS) is 14.3. The molecule has 1 aliphatic heterocycles. The maximum absolute atomic E-state index is 12.8. The highest BCUT2D eigenvalue weighted by atomic mass is 19.4. The fourth-order valence-electron chi connectivity index (χ4n) is 1.69. The van der Waals surface area contributed by atoms with E-state index in [4.69, 9.17) is 0 Å². The van der Waals surface area contributed by atoms with E-state index in [9.17, 15) is 28.1 Å². The molecule has 1 aliphatic rings. The zero-order valence-electron chi connectivity index (χ0n) is 10.5. The van der Waals surface area contributed by atoms with E-state index in [-0.39, 0.29) is 0 Å². The summed E-state index contributed by atoms with van der Waals surface area (Å²) < 4.78 is 38.5. The highest BCUT2D eigenvalue weighted by Gasteiger charge is 2.37. The third-order valence-electron chi connectivity index (χ3n) is 2.90. The molecule has 2 rings (SSSR count). The van der Waals surface area contributed by atoms with E-state index in [1.54, 1.807) is 5.48 Å². The zero-order valence-corrected chi connectivity index (χ0v) is 10.5.